The topological polar surface area (TPSA) is 47.3 Å². The van der Waals surface area contributed by atoms with Crippen molar-refractivity contribution in [2.45, 2.75) is 19.3 Å². The fourth-order valence-corrected chi connectivity index (χ4v) is 3.40. The zero-order valence-corrected chi connectivity index (χ0v) is 10.1. The van der Waals surface area contributed by atoms with Crippen molar-refractivity contribution in [3.63, 3.8) is 0 Å². The van der Waals surface area contributed by atoms with E-state index in [4.69, 9.17) is 5.26 Å². The van der Waals surface area contributed by atoms with E-state index in [9.17, 15) is 4.79 Å². The summed E-state index contributed by atoms with van der Waals surface area (Å²) in [6.45, 7) is 3.84. The highest BCUT2D eigenvalue weighted by Crippen LogP contribution is 2.54. The second-order valence-electron chi connectivity index (χ2n) is 5.68. The van der Waals surface area contributed by atoms with Gasteiger partial charge in [-0.15, -0.1) is 0 Å². The van der Waals surface area contributed by atoms with Crippen molar-refractivity contribution in [1.29, 1.82) is 5.26 Å². The minimum absolute atomic E-state index is 0.321. The molecule has 0 bridgehead atoms. The molecule has 0 N–H and O–H groups in total. The van der Waals surface area contributed by atoms with Gasteiger partial charge < -0.3 is 4.90 Å². The van der Waals surface area contributed by atoms with E-state index in [1.165, 1.54) is 6.42 Å². The van der Waals surface area contributed by atoms with E-state index in [0.717, 1.165) is 50.9 Å². The molecule has 3 rings (SSSR count). The number of nitriles is 1. The first-order valence-electron chi connectivity index (χ1n) is 6.66. The number of carbonyl (C=O) groups is 1. The van der Waals surface area contributed by atoms with Crippen molar-refractivity contribution in [3.05, 3.63) is 0 Å². The first-order chi connectivity index (χ1) is 8.28. The Hall–Kier alpha value is -1.08. The van der Waals surface area contributed by atoms with Gasteiger partial charge in [0.05, 0.1) is 12.6 Å². The summed E-state index contributed by atoms with van der Waals surface area (Å²) in [5.41, 5.74) is 0. The summed E-state index contributed by atoms with van der Waals surface area (Å²) in [5, 5.41) is 8.63. The first kappa shape index (κ1) is 11.0. The van der Waals surface area contributed by atoms with Crippen LogP contribution in [0.4, 0.5) is 0 Å². The molecule has 2 atom stereocenters. The Morgan fingerprint density at radius 3 is 2.35 bits per heavy atom. The smallest absolute Gasteiger partial charge is 0.225 e. The fraction of sp³-hybridized carbons (Fsp3) is 0.846. The molecule has 92 valence electrons. The molecule has 1 aliphatic heterocycles. The fourth-order valence-electron chi connectivity index (χ4n) is 3.40. The summed E-state index contributed by atoms with van der Waals surface area (Å²) >= 11 is 0. The second kappa shape index (κ2) is 4.30. The van der Waals surface area contributed by atoms with Crippen LogP contribution in [-0.4, -0.2) is 48.4 Å². The zero-order valence-electron chi connectivity index (χ0n) is 10.1. The Morgan fingerprint density at radius 2 is 1.76 bits per heavy atom. The third-order valence-corrected chi connectivity index (χ3v) is 4.57. The lowest BCUT2D eigenvalue weighted by Crippen LogP contribution is -2.50. The van der Waals surface area contributed by atoms with Gasteiger partial charge in [0.15, 0.2) is 0 Å². The number of hydrogen-bond donors (Lipinski definition) is 0. The Kier molecular flexibility index (Phi) is 2.79. The normalized spacial score (nSPS) is 36.4. The number of nitrogens with zero attached hydrogens (tertiary/aromatic N) is 3. The number of carbonyl (C=O) groups excluding carboxylic acids is 1. The molecular weight excluding hydrogens is 214 g/mol. The molecule has 0 aromatic carbocycles. The van der Waals surface area contributed by atoms with E-state index in [1.807, 2.05) is 4.90 Å². The van der Waals surface area contributed by atoms with Crippen LogP contribution in [0.15, 0.2) is 0 Å². The monoisotopic (exact) mass is 233 g/mol. The van der Waals surface area contributed by atoms with Crippen LogP contribution < -0.4 is 0 Å². The van der Waals surface area contributed by atoms with Gasteiger partial charge in [-0.1, -0.05) is 0 Å². The molecule has 3 fully saturated rings. The third-order valence-electron chi connectivity index (χ3n) is 4.57. The van der Waals surface area contributed by atoms with E-state index in [2.05, 4.69) is 11.0 Å². The predicted octanol–water partition coefficient (Wildman–Crippen LogP) is 0.700. The Bertz CT molecular complexity index is 344. The van der Waals surface area contributed by atoms with Crippen LogP contribution in [-0.2, 0) is 4.79 Å². The average Bonchev–Trinajstić information content (AvgIpc) is 2.97. The zero-order chi connectivity index (χ0) is 11.8. The quantitative estimate of drug-likeness (QED) is 0.660. The standard InChI is InChI=1S/C13H19N3O/c14-1-2-15-3-5-16(6-4-15)13(17)12-8-10-7-11(10)9-12/h10-12H,2-9H2. The van der Waals surface area contributed by atoms with E-state index >= 15 is 0 Å². The van der Waals surface area contributed by atoms with Crippen molar-refractivity contribution in [2.75, 3.05) is 32.7 Å². The van der Waals surface area contributed by atoms with E-state index < -0.39 is 0 Å². The summed E-state index contributed by atoms with van der Waals surface area (Å²) in [5.74, 6) is 2.46. The minimum Gasteiger partial charge on any atom is -0.340 e. The maximum absolute atomic E-state index is 12.3. The molecule has 4 nitrogen and oxygen atoms in total. The van der Waals surface area contributed by atoms with Gasteiger partial charge in [-0.3, -0.25) is 9.69 Å². The SMILES string of the molecule is N#CCN1CCN(C(=O)C2CC3CC3C2)CC1. The van der Waals surface area contributed by atoms with Crippen molar-refractivity contribution >= 4 is 5.91 Å². The maximum atomic E-state index is 12.3. The third kappa shape index (κ3) is 2.16. The molecule has 1 heterocycles. The molecular formula is C13H19N3O. The summed E-state index contributed by atoms with van der Waals surface area (Å²) in [6, 6.07) is 2.17. The summed E-state index contributed by atoms with van der Waals surface area (Å²) < 4.78 is 0. The van der Waals surface area contributed by atoms with Crippen LogP contribution >= 0.6 is 0 Å². The van der Waals surface area contributed by atoms with E-state index in [-0.39, 0.29) is 0 Å². The molecule has 0 aromatic rings. The molecule has 2 saturated carbocycles. The Morgan fingerprint density at radius 1 is 1.12 bits per heavy atom. The molecule has 0 aromatic heterocycles. The molecule has 2 unspecified atom stereocenters. The highest BCUT2D eigenvalue weighted by molar-refractivity contribution is 5.79. The number of piperazine rings is 1. The van der Waals surface area contributed by atoms with Gasteiger partial charge in [0.1, 0.15) is 0 Å². The second-order valence-corrected chi connectivity index (χ2v) is 5.68. The van der Waals surface area contributed by atoms with E-state index in [0.29, 0.717) is 18.4 Å². The maximum Gasteiger partial charge on any atom is 0.225 e. The van der Waals surface area contributed by atoms with Gasteiger partial charge in [0.2, 0.25) is 5.91 Å². The summed E-state index contributed by atoms with van der Waals surface area (Å²) in [4.78, 5) is 16.4. The predicted molar refractivity (Wildman–Crippen MR) is 63.0 cm³/mol. The lowest BCUT2D eigenvalue weighted by Gasteiger charge is -2.35. The van der Waals surface area contributed by atoms with Gasteiger partial charge in [0, 0.05) is 32.1 Å². The summed E-state index contributed by atoms with van der Waals surface area (Å²) in [6.07, 6.45) is 3.66. The molecule has 1 amide bonds. The van der Waals surface area contributed by atoms with Crippen molar-refractivity contribution in [2.24, 2.45) is 17.8 Å². The minimum atomic E-state index is 0.321. The van der Waals surface area contributed by atoms with Crippen LogP contribution in [0.3, 0.4) is 0 Å². The Labute approximate surface area is 102 Å². The largest absolute Gasteiger partial charge is 0.340 e. The van der Waals surface area contributed by atoms with Crippen molar-refractivity contribution < 1.29 is 4.79 Å². The lowest BCUT2D eigenvalue weighted by molar-refractivity contribution is -0.137. The molecule has 0 radical (unpaired) electrons. The molecule has 0 spiro atoms. The highest BCUT2D eigenvalue weighted by Gasteiger charge is 2.48. The lowest BCUT2D eigenvalue weighted by atomic mass is 10.0. The number of rotatable bonds is 2. The molecule has 2 aliphatic carbocycles. The average molecular weight is 233 g/mol. The van der Waals surface area contributed by atoms with Crippen LogP contribution in [0.25, 0.3) is 0 Å². The van der Waals surface area contributed by atoms with Crippen LogP contribution in [0, 0.1) is 29.1 Å². The van der Waals surface area contributed by atoms with Gasteiger partial charge in [0.25, 0.3) is 0 Å². The highest BCUT2D eigenvalue weighted by atomic mass is 16.2. The van der Waals surface area contributed by atoms with Gasteiger partial charge in [-0.05, 0) is 31.1 Å². The number of hydrogen-bond acceptors (Lipinski definition) is 3. The number of amides is 1. The van der Waals surface area contributed by atoms with Crippen LogP contribution in [0.1, 0.15) is 19.3 Å². The molecule has 17 heavy (non-hydrogen) atoms. The summed E-state index contributed by atoms with van der Waals surface area (Å²) in [7, 11) is 0. The molecule has 1 saturated heterocycles. The van der Waals surface area contributed by atoms with E-state index in [1.54, 1.807) is 0 Å². The van der Waals surface area contributed by atoms with Crippen molar-refractivity contribution in [1.82, 2.24) is 9.80 Å². The van der Waals surface area contributed by atoms with Gasteiger partial charge in [-0.2, -0.15) is 5.26 Å². The van der Waals surface area contributed by atoms with Crippen molar-refractivity contribution in [3.8, 4) is 6.07 Å². The van der Waals surface area contributed by atoms with Crippen LogP contribution in [0.5, 0.6) is 0 Å². The number of fused-ring (bicyclic) bond motifs is 1. The van der Waals surface area contributed by atoms with Gasteiger partial charge >= 0.3 is 0 Å². The molecule has 4 heteroatoms. The molecule has 3 aliphatic rings. The first-order valence-corrected chi connectivity index (χ1v) is 6.66. The Balaban J connectivity index is 1.49. The van der Waals surface area contributed by atoms with Crippen LogP contribution in [0.2, 0.25) is 0 Å². The van der Waals surface area contributed by atoms with Gasteiger partial charge in [-0.25, -0.2) is 0 Å².